The molecule has 1 aliphatic heterocycles. The van der Waals surface area contributed by atoms with Gasteiger partial charge in [0.25, 0.3) is 0 Å². The third-order valence-electron chi connectivity index (χ3n) is 5.56. The summed E-state index contributed by atoms with van der Waals surface area (Å²) in [6, 6.07) is 7.01. The lowest BCUT2D eigenvalue weighted by Gasteiger charge is -2.36. The molecule has 1 aliphatic carbocycles. The van der Waals surface area contributed by atoms with Crippen LogP contribution < -0.4 is 5.32 Å². The number of carbonyl (C=O) groups is 3. The van der Waals surface area contributed by atoms with Crippen LogP contribution in [0.1, 0.15) is 57.9 Å². The average molecular weight is 481 g/mol. The van der Waals surface area contributed by atoms with E-state index < -0.39 is 29.2 Å². The Morgan fingerprint density at radius 1 is 1.17 bits per heavy atom. The summed E-state index contributed by atoms with van der Waals surface area (Å²) in [5.41, 5.74) is -0.792. The fourth-order valence-corrected chi connectivity index (χ4v) is 4.27. The van der Waals surface area contributed by atoms with Crippen LogP contribution in [0.4, 0.5) is 4.79 Å². The number of nitrogens with zero attached hydrogens (tertiary/aromatic N) is 1. The van der Waals surface area contributed by atoms with Gasteiger partial charge in [0, 0.05) is 16.9 Å². The molecular formula is C22H29BrN2O5. The van der Waals surface area contributed by atoms with Crippen LogP contribution in [-0.2, 0) is 19.1 Å². The van der Waals surface area contributed by atoms with Gasteiger partial charge in [0.15, 0.2) is 0 Å². The summed E-state index contributed by atoms with van der Waals surface area (Å²) < 4.78 is 11.4. The molecular weight excluding hydrogens is 452 g/mol. The van der Waals surface area contributed by atoms with Crippen molar-refractivity contribution in [3.05, 3.63) is 34.3 Å². The quantitative estimate of drug-likeness (QED) is 0.663. The monoisotopic (exact) mass is 480 g/mol. The molecule has 2 aliphatic rings. The minimum Gasteiger partial charge on any atom is -0.467 e. The van der Waals surface area contributed by atoms with E-state index >= 15 is 0 Å². The molecule has 1 aromatic carbocycles. The predicted molar refractivity (Wildman–Crippen MR) is 115 cm³/mol. The van der Waals surface area contributed by atoms with Gasteiger partial charge in [-0.1, -0.05) is 28.1 Å². The molecule has 0 radical (unpaired) electrons. The zero-order chi connectivity index (χ0) is 22.1. The van der Waals surface area contributed by atoms with Crippen molar-refractivity contribution in [3.8, 4) is 0 Å². The van der Waals surface area contributed by atoms with E-state index in [0.29, 0.717) is 19.4 Å². The Hall–Kier alpha value is -2.09. The maximum atomic E-state index is 13.2. The van der Waals surface area contributed by atoms with Gasteiger partial charge in [0.2, 0.25) is 5.91 Å². The molecule has 7 nitrogen and oxygen atoms in total. The molecule has 3 atom stereocenters. The SMILES string of the molecule is COC(=O)[C@@]1(NC(=O)[C@@H]2CCCCN2C(=O)OC(C)(C)C)C[C@@H]1c1ccc(Br)cc1. The van der Waals surface area contributed by atoms with Gasteiger partial charge in [0.1, 0.15) is 17.2 Å². The first kappa shape index (κ1) is 22.6. The van der Waals surface area contributed by atoms with Gasteiger partial charge in [-0.05, 0) is 64.2 Å². The average Bonchev–Trinajstić information content (AvgIpc) is 3.41. The van der Waals surface area contributed by atoms with Crippen LogP contribution >= 0.6 is 15.9 Å². The normalized spacial score (nSPS) is 26.0. The number of benzene rings is 1. The van der Waals surface area contributed by atoms with E-state index in [1.165, 1.54) is 12.0 Å². The molecule has 0 unspecified atom stereocenters. The summed E-state index contributed by atoms with van der Waals surface area (Å²) in [6.45, 7) is 5.84. The molecule has 1 saturated heterocycles. The lowest BCUT2D eigenvalue weighted by Crippen LogP contribution is -2.57. The molecule has 8 heteroatoms. The van der Waals surface area contributed by atoms with Gasteiger partial charge in [0.05, 0.1) is 7.11 Å². The molecule has 1 heterocycles. The molecule has 1 N–H and O–H groups in total. The summed E-state index contributed by atoms with van der Waals surface area (Å²) in [5, 5.41) is 2.92. The third kappa shape index (κ3) is 4.79. The fourth-order valence-electron chi connectivity index (χ4n) is 4.00. The summed E-state index contributed by atoms with van der Waals surface area (Å²) >= 11 is 3.41. The number of likely N-dealkylation sites (tertiary alicyclic amines) is 1. The van der Waals surface area contributed by atoms with Crippen LogP contribution in [0.25, 0.3) is 0 Å². The maximum absolute atomic E-state index is 13.2. The van der Waals surface area contributed by atoms with Crippen molar-refractivity contribution in [3.63, 3.8) is 0 Å². The van der Waals surface area contributed by atoms with Gasteiger partial charge in [-0.2, -0.15) is 0 Å². The predicted octanol–water partition coefficient (Wildman–Crippen LogP) is 3.75. The standard InChI is InChI=1S/C22H29BrN2O5/c1-21(2,3)30-20(28)25-12-6-5-7-17(25)18(26)24-22(19(27)29-4)13-16(22)14-8-10-15(23)11-9-14/h8-11,16-17H,5-7,12-13H2,1-4H3,(H,24,26)/t16-,17+,22-/m1/s1. The molecule has 1 aromatic rings. The van der Waals surface area contributed by atoms with Gasteiger partial charge < -0.3 is 14.8 Å². The van der Waals surface area contributed by atoms with Crippen molar-refractivity contribution in [1.29, 1.82) is 0 Å². The number of piperidine rings is 1. The van der Waals surface area contributed by atoms with Gasteiger partial charge in [-0.3, -0.25) is 9.69 Å². The van der Waals surface area contributed by atoms with Crippen LogP contribution in [0.2, 0.25) is 0 Å². The minimum atomic E-state index is -1.10. The van der Waals surface area contributed by atoms with E-state index in [1.54, 1.807) is 20.8 Å². The zero-order valence-corrected chi connectivity index (χ0v) is 19.5. The molecule has 2 fully saturated rings. The Kier molecular flexibility index (Phi) is 6.45. The Bertz CT molecular complexity index is 820. The van der Waals surface area contributed by atoms with Crippen molar-refractivity contribution in [1.82, 2.24) is 10.2 Å². The van der Waals surface area contributed by atoms with Crippen molar-refractivity contribution in [2.45, 2.75) is 69.6 Å². The number of hydrogen-bond acceptors (Lipinski definition) is 5. The molecule has 0 spiro atoms. The number of nitrogens with one attached hydrogen (secondary N) is 1. The first-order valence-corrected chi connectivity index (χ1v) is 11.0. The molecule has 1 saturated carbocycles. The first-order chi connectivity index (χ1) is 14.1. The number of ether oxygens (including phenoxy) is 2. The lowest BCUT2D eigenvalue weighted by atomic mass is 10.0. The van der Waals surface area contributed by atoms with Gasteiger partial charge in [-0.15, -0.1) is 0 Å². The summed E-state index contributed by atoms with van der Waals surface area (Å²) in [6.07, 6.45) is 2.14. The van der Waals surface area contributed by atoms with E-state index in [0.717, 1.165) is 22.9 Å². The largest absolute Gasteiger partial charge is 0.467 e. The molecule has 30 heavy (non-hydrogen) atoms. The smallest absolute Gasteiger partial charge is 0.410 e. The van der Waals surface area contributed by atoms with Crippen molar-refractivity contribution in [2.24, 2.45) is 0 Å². The Labute approximate surface area is 185 Å². The molecule has 2 amide bonds. The highest BCUT2D eigenvalue weighted by atomic mass is 79.9. The molecule has 0 aromatic heterocycles. The summed E-state index contributed by atoms with van der Waals surface area (Å²) in [7, 11) is 1.32. The highest BCUT2D eigenvalue weighted by molar-refractivity contribution is 9.10. The molecule has 164 valence electrons. The Balaban J connectivity index is 1.77. The van der Waals surface area contributed by atoms with E-state index in [1.807, 2.05) is 24.3 Å². The number of methoxy groups -OCH3 is 1. The minimum absolute atomic E-state index is 0.166. The third-order valence-corrected chi connectivity index (χ3v) is 6.09. The van der Waals surface area contributed by atoms with Crippen LogP contribution in [0.3, 0.4) is 0 Å². The second-order valence-corrected chi connectivity index (χ2v) is 9.86. The highest BCUT2D eigenvalue weighted by Gasteiger charge is 2.63. The van der Waals surface area contributed by atoms with Crippen molar-refractivity contribution in [2.75, 3.05) is 13.7 Å². The number of esters is 1. The number of amides is 2. The van der Waals surface area contributed by atoms with E-state index in [-0.39, 0.29) is 11.8 Å². The van der Waals surface area contributed by atoms with Gasteiger partial charge in [-0.25, -0.2) is 9.59 Å². The Morgan fingerprint density at radius 3 is 2.43 bits per heavy atom. The van der Waals surface area contributed by atoms with E-state index in [4.69, 9.17) is 9.47 Å². The van der Waals surface area contributed by atoms with Crippen LogP contribution in [0.15, 0.2) is 28.7 Å². The molecule has 0 bridgehead atoms. The van der Waals surface area contributed by atoms with Gasteiger partial charge >= 0.3 is 12.1 Å². The van der Waals surface area contributed by atoms with Crippen LogP contribution in [0.5, 0.6) is 0 Å². The number of hydrogen-bond donors (Lipinski definition) is 1. The van der Waals surface area contributed by atoms with Crippen LogP contribution in [-0.4, -0.2) is 53.7 Å². The van der Waals surface area contributed by atoms with E-state index in [2.05, 4.69) is 21.2 Å². The lowest BCUT2D eigenvalue weighted by molar-refractivity contribution is -0.147. The van der Waals surface area contributed by atoms with Crippen molar-refractivity contribution >= 4 is 33.9 Å². The second kappa shape index (κ2) is 8.57. The van der Waals surface area contributed by atoms with Crippen molar-refractivity contribution < 1.29 is 23.9 Å². The van der Waals surface area contributed by atoms with E-state index in [9.17, 15) is 14.4 Å². The molecule has 3 rings (SSSR count). The zero-order valence-electron chi connectivity index (χ0n) is 17.9. The summed E-state index contributed by atoms with van der Waals surface area (Å²) in [4.78, 5) is 39.9. The fraction of sp³-hybridized carbons (Fsp3) is 0.591. The Morgan fingerprint density at radius 2 is 1.83 bits per heavy atom. The number of rotatable bonds is 4. The highest BCUT2D eigenvalue weighted by Crippen LogP contribution is 2.52. The summed E-state index contributed by atoms with van der Waals surface area (Å²) in [5.74, 6) is -0.977. The van der Waals surface area contributed by atoms with Crippen LogP contribution in [0, 0.1) is 0 Å². The maximum Gasteiger partial charge on any atom is 0.410 e. The topological polar surface area (TPSA) is 84.9 Å². The first-order valence-electron chi connectivity index (χ1n) is 10.2. The second-order valence-electron chi connectivity index (χ2n) is 8.95. The number of carbonyl (C=O) groups excluding carboxylic acids is 3. The number of halogens is 1.